The van der Waals surface area contributed by atoms with Gasteiger partial charge in [0.1, 0.15) is 11.5 Å². The Kier molecular flexibility index (Phi) is 3.41. The quantitative estimate of drug-likeness (QED) is 0.923. The highest BCUT2D eigenvalue weighted by atomic mass is 35.5. The highest BCUT2D eigenvalue weighted by Gasteiger charge is 2.34. The van der Waals surface area contributed by atoms with Gasteiger partial charge in [-0.15, -0.1) is 0 Å². The summed E-state index contributed by atoms with van der Waals surface area (Å²) in [6, 6.07) is 5.30. The molecule has 114 valence electrons. The van der Waals surface area contributed by atoms with Gasteiger partial charge in [-0.1, -0.05) is 11.6 Å². The van der Waals surface area contributed by atoms with Gasteiger partial charge in [-0.3, -0.25) is 4.79 Å². The zero-order valence-electron chi connectivity index (χ0n) is 11.6. The van der Waals surface area contributed by atoms with Crippen molar-refractivity contribution in [2.24, 2.45) is 0 Å². The van der Waals surface area contributed by atoms with Crippen LogP contribution in [0.2, 0.25) is 5.02 Å². The van der Waals surface area contributed by atoms with E-state index < -0.39 is 17.7 Å². The van der Waals surface area contributed by atoms with Crippen LogP contribution >= 0.6 is 11.6 Å². The van der Waals surface area contributed by atoms with Crippen molar-refractivity contribution in [1.82, 2.24) is 4.57 Å². The maximum Gasteiger partial charge on any atom is 0.338 e. The lowest BCUT2D eigenvalue weighted by Crippen LogP contribution is -2.42. The van der Waals surface area contributed by atoms with Crippen molar-refractivity contribution in [3.05, 3.63) is 52.6 Å². The summed E-state index contributed by atoms with van der Waals surface area (Å²) in [7, 11) is 0. The van der Waals surface area contributed by atoms with Gasteiger partial charge in [0.05, 0.1) is 10.6 Å². The third-order valence-electron chi connectivity index (χ3n) is 3.73. The topological polar surface area (TPSA) is 62.5 Å². The summed E-state index contributed by atoms with van der Waals surface area (Å²) in [5, 5.41) is 9.13. The van der Waals surface area contributed by atoms with Crippen molar-refractivity contribution in [3.63, 3.8) is 0 Å². The molecule has 2 heterocycles. The number of rotatable bonds is 2. The van der Waals surface area contributed by atoms with E-state index in [4.69, 9.17) is 11.6 Å². The Morgan fingerprint density at radius 3 is 2.77 bits per heavy atom. The zero-order valence-corrected chi connectivity index (χ0v) is 12.3. The number of halogens is 2. The van der Waals surface area contributed by atoms with Crippen LogP contribution in [0.4, 0.5) is 10.1 Å². The van der Waals surface area contributed by atoms with E-state index in [1.165, 1.54) is 29.2 Å². The van der Waals surface area contributed by atoms with E-state index in [-0.39, 0.29) is 22.3 Å². The third kappa shape index (κ3) is 2.16. The van der Waals surface area contributed by atoms with Gasteiger partial charge in [-0.2, -0.15) is 0 Å². The highest BCUT2D eigenvalue weighted by molar-refractivity contribution is 6.31. The van der Waals surface area contributed by atoms with Gasteiger partial charge >= 0.3 is 5.97 Å². The average molecular weight is 323 g/mol. The van der Waals surface area contributed by atoms with E-state index >= 15 is 0 Å². The monoisotopic (exact) mass is 322 g/mol. The van der Waals surface area contributed by atoms with Crippen molar-refractivity contribution >= 4 is 29.2 Å². The van der Waals surface area contributed by atoms with Crippen molar-refractivity contribution < 1.29 is 19.1 Å². The number of carboxylic acid groups (broad SMARTS) is 1. The van der Waals surface area contributed by atoms with E-state index in [0.717, 1.165) is 0 Å². The molecule has 1 amide bonds. The molecule has 1 aromatic heterocycles. The number of carbonyl (C=O) groups excluding carboxylic acids is 1. The Hall–Kier alpha value is -2.34. The molecule has 1 aliphatic rings. The largest absolute Gasteiger partial charge is 0.478 e. The first kappa shape index (κ1) is 14.6. The van der Waals surface area contributed by atoms with Crippen LogP contribution in [-0.2, 0) is 0 Å². The molecule has 0 spiro atoms. The number of carboxylic acids is 1. The number of benzene rings is 1. The summed E-state index contributed by atoms with van der Waals surface area (Å²) in [6.45, 7) is 2.22. The van der Waals surface area contributed by atoms with Gasteiger partial charge in [-0.25, -0.2) is 9.18 Å². The molecule has 1 aliphatic heterocycles. The number of aromatic carboxylic acids is 1. The maximum absolute atomic E-state index is 13.3. The number of nitrogens with zero attached hydrogens (tertiary/aromatic N) is 2. The molecule has 1 atom stereocenters. The summed E-state index contributed by atoms with van der Waals surface area (Å²) in [6.07, 6.45) is 1.59. The minimum absolute atomic E-state index is 0.0465. The van der Waals surface area contributed by atoms with E-state index in [2.05, 4.69) is 0 Å². The molecule has 0 saturated heterocycles. The first-order valence-corrected chi connectivity index (χ1v) is 6.99. The van der Waals surface area contributed by atoms with Crippen molar-refractivity contribution in [2.75, 3.05) is 11.4 Å². The minimum Gasteiger partial charge on any atom is -0.478 e. The molecule has 3 rings (SSSR count). The maximum atomic E-state index is 13.3. The number of hydrogen-bond donors (Lipinski definition) is 1. The molecule has 1 N–H and O–H groups in total. The smallest absolute Gasteiger partial charge is 0.338 e. The number of carbonyl (C=O) groups is 2. The number of amides is 1. The van der Waals surface area contributed by atoms with Crippen LogP contribution in [0.15, 0.2) is 30.5 Å². The van der Waals surface area contributed by atoms with Crippen LogP contribution in [0, 0.1) is 5.82 Å². The fraction of sp³-hybridized carbons (Fsp3) is 0.200. The number of anilines is 1. The van der Waals surface area contributed by atoms with Crippen LogP contribution in [-0.4, -0.2) is 28.1 Å². The van der Waals surface area contributed by atoms with Crippen LogP contribution < -0.4 is 4.90 Å². The molecule has 0 radical (unpaired) electrons. The van der Waals surface area contributed by atoms with Crippen molar-refractivity contribution in [3.8, 4) is 0 Å². The third-order valence-corrected chi connectivity index (χ3v) is 4.02. The Morgan fingerprint density at radius 1 is 1.41 bits per heavy atom. The second-order valence-corrected chi connectivity index (χ2v) is 5.56. The first-order valence-electron chi connectivity index (χ1n) is 6.61. The molecule has 0 fully saturated rings. The van der Waals surface area contributed by atoms with Crippen molar-refractivity contribution in [2.45, 2.75) is 13.0 Å². The van der Waals surface area contributed by atoms with Crippen LogP contribution in [0.1, 0.15) is 33.8 Å². The molecule has 0 saturated carbocycles. The fourth-order valence-corrected chi connectivity index (χ4v) is 2.83. The number of hydrogen-bond acceptors (Lipinski definition) is 2. The van der Waals surface area contributed by atoms with Gasteiger partial charge in [-0.05, 0) is 31.2 Å². The van der Waals surface area contributed by atoms with E-state index in [9.17, 15) is 19.1 Å². The van der Waals surface area contributed by atoms with E-state index in [1.54, 1.807) is 10.8 Å². The van der Waals surface area contributed by atoms with Gasteiger partial charge in [0.15, 0.2) is 0 Å². The van der Waals surface area contributed by atoms with Gasteiger partial charge < -0.3 is 14.6 Å². The van der Waals surface area contributed by atoms with Crippen molar-refractivity contribution in [1.29, 1.82) is 0 Å². The Balaban J connectivity index is 2.09. The predicted molar refractivity (Wildman–Crippen MR) is 79.2 cm³/mol. The molecule has 22 heavy (non-hydrogen) atoms. The molecule has 1 aromatic carbocycles. The average Bonchev–Trinajstić information content (AvgIpc) is 2.92. The second kappa shape index (κ2) is 5.14. The SMILES string of the molecule is C[C@H]1CN(c2ccc(F)c(Cl)c2)C(=O)c2c(C(=O)O)ccn21. The molecular formula is C15H12ClFN2O3. The van der Waals surface area contributed by atoms with Crippen LogP contribution in [0.3, 0.4) is 0 Å². The summed E-state index contributed by atoms with van der Waals surface area (Å²) < 4.78 is 14.9. The van der Waals surface area contributed by atoms with Gasteiger partial charge in [0.25, 0.3) is 5.91 Å². The van der Waals surface area contributed by atoms with Gasteiger partial charge in [0, 0.05) is 24.5 Å². The molecular weight excluding hydrogens is 311 g/mol. The Bertz CT molecular complexity index is 787. The van der Waals surface area contributed by atoms with Crippen LogP contribution in [0.25, 0.3) is 0 Å². The fourth-order valence-electron chi connectivity index (χ4n) is 2.65. The van der Waals surface area contributed by atoms with Gasteiger partial charge in [0.2, 0.25) is 0 Å². The number of aromatic nitrogens is 1. The standard InChI is InChI=1S/C15H12ClFN2O3/c1-8-7-19(9-2-3-12(17)11(16)6-9)14(20)13-10(15(21)22)4-5-18(8)13/h2-6,8H,7H2,1H3,(H,21,22)/t8-/m0/s1. The lowest BCUT2D eigenvalue weighted by Gasteiger charge is -2.33. The molecule has 0 unspecified atom stereocenters. The summed E-state index contributed by atoms with van der Waals surface area (Å²) in [4.78, 5) is 25.3. The molecule has 0 bridgehead atoms. The molecule has 0 aliphatic carbocycles. The molecule has 7 heteroatoms. The normalized spacial score (nSPS) is 17.5. The second-order valence-electron chi connectivity index (χ2n) is 5.15. The Morgan fingerprint density at radius 2 is 2.14 bits per heavy atom. The lowest BCUT2D eigenvalue weighted by molar-refractivity contribution is 0.0690. The molecule has 2 aromatic rings. The first-order chi connectivity index (χ1) is 10.4. The summed E-state index contributed by atoms with van der Waals surface area (Å²) >= 11 is 5.77. The highest BCUT2D eigenvalue weighted by Crippen LogP contribution is 2.31. The molecule has 5 nitrogen and oxygen atoms in total. The lowest BCUT2D eigenvalue weighted by atomic mass is 10.1. The summed E-state index contributed by atoms with van der Waals surface area (Å²) in [5.41, 5.74) is 0.508. The Labute approximate surface area is 130 Å². The number of fused-ring (bicyclic) bond motifs is 1. The van der Waals surface area contributed by atoms with E-state index in [0.29, 0.717) is 12.2 Å². The van der Waals surface area contributed by atoms with Crippen LogP contribution in [0.5, 0.6) is 0 Å². The zero-order chi connectivity index (χ0) is 16.0. The summed E-state index contributed by atoms with van der Waals surface area (Å²) in [5.74, 6) is -2.17. The predicted octanol–water partition coefficient (Wildman–Crippen LogP) is 3.20. The minimum atomic E-state index is -1.16. The van der Waals surface area contributed by atoms with E-state index in [1.807, 2.05) is 6.92 Å².